The summed E-state index contributed by atoms with van der Waals surface area (Å²) in [5, 5.41) is 11.6. The van der Waals surface area contributed by atoms with Crippen LogP contribution in [0, 0.1) is 5.92 Å². The molecule has 4 rings (SSSR count). The lowest BCUT2D eigenvalue weighted by molar-refractivity contribution is 0.0341. The second-order valence-electron chi connectivity index (χ2n) is 9.55. The zero-order valence-electron chi connectivity index (χ0n) is 21.2. The van der Waals surface area contributed by atoms with Crippen LogP contribution in [0.1, 0.15) is 29.8 Å². The first-order valence-electron chi connectivity index (χ1n) is 12.2. The molecular formula is C27H33N3O5S2. The van der Waals surface area contributed by atoms with Crippen LogP contribution in [0.2, 0.25) is 0 Å². The molecule has 0 saturated heterocycles. The number of thiophene rings is 1. The average molecular weight is 544 g/mol. The minimum absolute atomic E-state index is 0.0127. The van der Waals surface area contributed by atoms with Crippen LogP contribution < -0.4 is 9.46 Å². The van der Waals surface area contributed by atoms with Crippen LogP contribution in [-0.4, -0.2) is 68.1 Å². The summed E-state index contributed by atoms with van der Waals surface area (Å²) in [5.74, 6) is 0.0712. The third-order valence-electron chi connectivity index (χ3n) is 6.46. The van der Waals surface area contributed by atoms with Crippen molar-refractivity contribution in [3.05, 3.63) is 77.2 Å². The van der Waals surface area contributed by atoms with Crippen molar-refractivity contribution in [3.8, 4) is 5.75 Å². The van der Waals surface area contributed by atoms with E-state index >= 15 is 0 Å². The maximum absolute atomic E-state index is 13.6. The zero-order chi connectivity index (χ0) is 26.6. The van der Waals surface area contributed by atoms with Gasteiger partial charge in [0.2, 0.25) is 0 Å². The molecule has 0 spiro atoms. The minimum atomic E-state index is -3.77. The van der Waals surface area contributed by atoms with E-state index < -0.39 is 16.1 Å². The summed E-state index contributed by atoms with van der Waals surface area (Å²) < 4.78 is 34.7. The minimum Gasteiger partial charge on any atom is -0.488 e. The molecule has 1 amide bonds. The Bertz CT molecular complexity index is 1300. The lowest BCUT2D eigenvalue weighted by Crippen LogP contribution is -2.49. The Hall–Kier alpha value is -2.92. The number of nitrogens with zero attached hydrogens (tertiary/aromatic N) is 2. The standard InChI is InChI=1S/C27H33N3O5S2/c1-19-15-30(20(2)18-31)27(32)23-14-22(28-37(33,34)26-10-7-13-36-26)11-12-24(23)35-25(19)17-29(3)16-21-8-5-4-6-9-21/h4-14,19-20,25,28,31H,15-18H2,1-3H3/t19-,20-,25-/m0/s1. The third-order valence-corrected chi connectivity index (χ3v) is 9.24. The molecule has 1 aliphatic heterocycles. The molecule has 1 aromatic heterocycles. The number of benzene rings is 2. The van der Waals surface area contributed by atoms with Crippen LogP contribution in [0.15, 0.2) is 70.3 Å². The average Bonchev–Trinajstić information content (AvgIpc) is 3.43. The van der Waals surface area contributed by atoms with Gasteiger partial charge in [0.25, 0.3) is 15.9 Å². The summed E-state index contributed by atoms with van der Waals surface area (Å²) in [6.45, 7) is 5.43. The van der Waals surface area contributed by atoms with Gasteiger partial charge in [-0.1, -0.05) is 43.3 Å². The Morgan fingerprint density at radius 2 is 1.95 bits per heavy atom. The lowest BCUT2D eigenvalue weighted by atomic mass is 9.99. The number of sulfonamides is 1. The van der Waals surface area contributed by atoms with Crippen LogP contribution in [-0.2, 0) is 16.6 Å². The predicted octanol–water partition coefficient (Wildman–Crippen LogP) is 3.90. The first kappa shape index (κ1) is 27.1. The van der Waals surface area contributed by atoms with Gasteiger partial charge in [0.05, 0.1) is 18.2 Å². The highest BCUT2D eigenvalue weighted by molar-refractivity contribution is 7.94. The van der Waals surface area contributed by atoms with Gasteiger partial charge in [-0.25, -0.2) is 8.42 Å². The number of carbonyl (C=O) groups is 1. The monoisotopic (exact) mass is 543 g/mol. The predicted molar refractivity (Wildman–Crippen MR) is 146 cm³/mol. The molecule has 0 aliphatic carbocycles. The van der Waals surface area contributed by atoms with Gasteiger partial charge in [0.15, 0.2) is 0 Å². The number of hydrogen-bond donors (Lipinski definition) is 2. The maximum atomic E-state index is 13.6. The molecule has 198 valence electrons. The molecule has 8 nitrogen and oxygen atoms in total. The van der Waals surface area contributed by atoms with E-state index in [4.69, 9.17) is 4.74 Å². The van der Waals surface area contributed by atoms with Crippen LogP contribution in [0.25, 0.3) is 0 Å². The molecule has 0 bridgehead atoms. The Balaban J connectivity index is 1.63. The van der Waals surface area contributed by atoms with Crippen molar-refractivity contribution in [2.45, 2.75) is 36.7 Å². The number of likely N-dealkylation sites (N-methyl/N-ethyl adjacent to an activating group) is 1. The smallest absolute Gasteiger partial charge is 0.271 e. The first-order valence-corrected chi connectivity index (χ1v) is 14.6. The highest BCUT2D eigenvalue weighted by atomic mass is 32.2. The van der Waals surface area contributed by atoms with E-state index in [0.29, 0.717) is 18.8 Å². The summed E-state index contributed by atoms with van der Waals surface area (Å²) in [5.41, 5.74) is 1.72. The summed E-state index contributed by atoms with van der Waals surface area (Å²) in [6.07, 6.45) is -0.234. The molecule has 0 saturated carbocycles. The Morgan fingerprint density at radius 3 is 2.62 bits per heavy atom. The SMILES string of the molecule is C[C@H]1CN([C@@H](C)CO)C(=O)c2cc(NS(=O)(=O)c3cccs3)ccc2O[C@H]1CN(C)Cc1ccccc1. The van der Waals surface area contributed by atoms with Crippen molar-refractivity contribution in [1.82, 2.24) is 9.80 Å². The van der Waals surface area contributed by atoms with Crippen molar-refractivity contribution >= 4 is 33.0 Å². The van der Waals surface area contributed by atoms with E-state index in [9.17, 15) is 18.3 Å². The number of fused-ring (bicyclic) bond motifs is 1. The van der Waals surface area contributed by atoms with Crippen LogP contribution in [0.3, 0.4) is 0 Å². The highest BCUT2D eigenvalue weighted by Gasteiger charge is 2.33. The number of amides is 1. The molecule has 0 unspecified atom stereocenters. The molecule has 0 radical (unpaired) electrons. The van der Waals surface area contributed by atoms with Gasteiger partial charge in [-0.3, -0.25) is 14.4 Å². The van der Waals surface area contributed by atoms with E-state index in [1.807, 2.05) is 32.2 Å². The summed E-state index contributed by atoms with van der Waals surface area (Å²) in [4.78, 5) is 17.4. The molecule has 2 aromatic carbocycles. The molecule has 2 heterocycles. The van der Waals surface area contributed by atoms with Gasteiger partial charge in [0, 0.05) is 31.2 Å². The lowest BCUT2D eigenvalue weighted by Gasteiger charge is -2.38. The third kappa shape index (κ3) is 6.51. The van der Waals surface area contributed by atoms with Gasteiger partial charge in [-0.05, 0) is 49.2 Å². The Morgan fingerprint density at radius 1 is 1.19 bits per heavy atom. The number of nitrogens with one attached hydrogen (secondary N) is 1. The topological polar surface area (TPSA) is 99.2 Å². The fourth-order valence-corrected chi connectivity index (χ4v) is 6.43. The molecule has 3 atom stereocenters. The van der Waals surface area contributed by atoms with Gasteiger partial charge in [-0.2, -0.15) is 0 Å². The van der Waals surface area contributed by atoms with E-state index in [0.717, 1.165) is 17.9 Å². The zero-order valence-corrected chi connectivity index (χ0v) is 22.8. The van der Waals surface area contributed by atoms with Crippen LogP contribution >= 0.6 is 11.3 Å². The number of aliphatic hydroxyl groups is 1. The number of ether oxygens (including phenoxy) is 1. The number of anilines is 1. The van der Waals surface area contributed by atoms with E-state index in [1.165, 1.54) is 17.7 Å². The normalized spacial score (nSPS) is 19.1. The van der Waals surface area contributed by atoms with Crippen molar-refractivity contribution in [2.24, 2.45) is 5.92 Å². The van der Waals surface area contributed by atoms with Crippen molar-refractivity contribution in [3.63, 3.8) is 0 Å². The van der Waals surface area contributed by atoms with Gasteiger partial charge in [0.1, 0.15) is 16.1 Å². The molecule has 1 aliphatic rings. The summed E-state index contributed by atoms with van der Waals surface area (Å²) in [6, 6.07) is 17.7. The summed E-state index contributed by atoms with van der Waals surface area (Å²) in [7, 11) is -1.74. The first-order chi connectivity index (χ1) is 17.7. The van der Waals surface area contributed by atoms with Crippen molar-refractivity contribution in [2.75, 3.05) is 31.5 Å². The molecule has 3 aromatic rings. The van der Waals surface area contributed by atoms with Crippen molar-refractivity contribution < 1.29 is 23.1 Å². The number of hydrogen-bond acceptors (Lipinski definition) is 7. The van der Waals surface area contributed by atoms with Gasteiger partial charge in [-0.15, -0.1) is 11.3 Å². The largest absolute Gasteiger partial charge is 0.488 e. The summed E-state index contributed by atoms with van der Waals surface area (Å²) >= 11 is 1.12. The molecule has 2 N–H and O–H groups in total. The van der Waals surface area contributed by atoms with Gasteiger partial charge < -0.3 is 14.7 Å². The van der Waals surface area contributed by atoms with Crippen LogP contribution in [0.5, 0.6) is 5.75 Å². The second kappa shape index (κ2) is 11.6. The highest BCUT2D eigenvalue weighted by Crippen LogP contribution is 2.32. The molecule has 37 heavy (non-hydrogen) atoms. The van der Waals surface area contributed by atoms with Gasteiger partial charge >= 0.3 is 0 Å². The van der Waals surface area contributed by atoms with Crippen molar-refractivity contribution in [1.29, 1.82) is 0 Å². The van der Waals surface area contributed by atoms with E-state index in [-0.39, 0.29) is 40.0 Å². The number of carbonyl (C=O) groups excluding carboxylic acids is 1. The van der Waals surface area contributed by atoms with E-state index in [2.05, 4.69) is 21.8 Å². The number of aliphatic hydroxyl groups excluding tert-OH is 1. The molecular weight excluding hydrogens is 510 g/mol. The number of rotatable bonds is 9. The Kier molecular flexibility index (Phi) is 8.53. The van der Waals surface area contributed by atoms with Crippen LogP contribution in [0.4, 0.5) is 5.69 Å². The second-order valence-corrected chi connectivity index (χ2v) is 12.4. The molecule has 10 heteroatoms. The quantitative estimate of drug-likeness (QED) is 0.425. The maximum Gasteiger partial charge on any atom is 0.271 e. The Labute approximate surface area is 222 Å². The van der Waals surface area contributed by atoms with E-state index in [1.54, 1.807) is 35.4 Å². The molecule has 0 fully saturated rings. The fraction of sp³-hybridized carbons (Fsp3) is 0.370. The fourth-order valence-electron chi connectivity index (χ4n) is 4.39.